The molecule has 0 bridgehead atoms. The van der Waals surface area contributed by atoms with E-state index in [-0.39, 0.29) is 6.10 Å². The molecule has 0 fully saturated rings. The van der Waals surface area contributed by atoms with E-state index < -0.39 is 0 Å². The van der Waals surface area contributed by atoms with Crippen LogP contribution in [0.15, 0.2) is 58.3 Å². The fourth-order valence-corrected chi connectivity index (χ4v) is 2.94. The molecule has 1 atom stereocenters. The molecule has 0 aromatic heterocycles. The van der Waals surface area contributed by atoms with Crippen molar-refractivity contribution in [2.45, 2.75) is 36.2 Å². The normalized spacial score (nSPS) is 12.4. The van der Waals surface area contributed by atoms with Crippen LogP contribution in [-0.2, 0) is 0 Å². The second-order valence-electron chi connectivity index (χ2n) is 4.33. The lowest BCUT2D eigenvalue weighted by atomic mass is 10.1. The molecule has 1 N–H and O–H groups in total. The summed E-state index contributed by atoms with van der Waals surface area (Å²) in [5.74, 6) is 0. The first-order valence-electron chi connectivity index (χ1n) is 6.23. The Morgan fingerprint density at radius 3 is 2.28 bits per heavy atom. The van der Waals surface area contributed by atoms with E-state index in [1.54, 1.807) is 11.8 Å². The second kappa shape index (κ2) is 6.07. The van der Waals surface area contributed by atoms with E-state index in [0.717, 1.165) is 16.9 Å². The second-order valence-corrected chi connectivity index (χ2v) is 5.41. The molecule has 0 aliphatic heterocycles. The highest BCUT2D eigenvalue weighted by Crippen LogP contribution is 2.35. The molecular weight excluding hydrogens is 240 g/mol. The van der Waals surface area contributed by atoms with Crippen LogP contribution in [0.3, 0.4) is 0 Å². The highest BCUT2D eigenvalue weighted by Gasteiger charge is 2.11. The Labute approximate surface area is 113 Å². The van der Waals surface area contributed by atoms with Crippen LogP contribution < -0.4 is 0 Å². The Bertz CT molecular complexity index is 522. The first-order chi connectivity index (χ1) is 8.72. The third kappa shape index (κ3) is 2.95. The van der Waals surface area contributed by atoms with E-state index in [2.05, 4.69) is 25.1 Å². The molecule has 0 aliphatic rings. The molecule has 0 aliphatic carbocycles. The quantitative estimate of drug-likeness (QED) is 0.865. The van der Waals surface area contributed by atoms with Crippen LogP contribution in [0.2, 0.25) is 0 Å². The Morgan fingerprint density at radius 1 is 1.00 bits per heavy atom. The Balaban J connectivity index is 2.32. The number of rotatable bonds is 4. The lowest BCUT2D eigenvalue weighted by molar-refractivity contribution is 0.171. The van der Waals surface area contributed by atoms with Crippen molar-refractivity contribution < 1.29 is 5.11 Å². The number of aliphatic hydroxyl groups excluding tert-OH is 1. The highest BCUT2D eigenvalue weighted by molar-refractivity contribution is 7.99. The maximum absolute atomic E-state index is 10.0. The van der Waals surface area contributed by atoms with Gasteiger partial charge in [0.25, 0.3) is 0 Å². The molecule has 0 saturated carbocycles. The molecule has 0 heterocycles. The molecule has 18 heavy (non-hydrogen) atoms. The van der Waals surface area contributed by atoms with Gasteiger partial charge in [-0.1, -0.05) is 55.1 Å². The average molecular weight is 258 g/mol. The third-order valence-electron chi connectivity index (χ3n) is 2.98. The van der Waals surface area contributed by atoms with Gasteiger partial charge in [-0.2, -0.15) is 0 Å². The Kier molecular flexibility index (Phi) is 4.45. The summed E-state index contributed by atoms with van der Waals surface area (Å²) in [5, 5.41) is 10.0. The number of aryl methyl sites for hydroxylation is 1. The van der Waals surface area contributed by atoms with E-state index in [4.69, 9.17) is 0 Å². The zero-order valence-corrected chi connectivity index (χ0v) is 11.6. The van der Waals surface area contributed by atoms with Crippen molar-refractivity contribution in [3.63, 3.8) is 0 Å². The summed E-state index contributed by atoms with van der Waals surface area (Å²) >= 11 is 1.72. The number of aliphatic hydroxyl groups is 1. The number of hydrogen-bond acceptors (Lipinski definition) is 2. The SMILES string of the molecule is CCC(O)c1ccccc1Sc1ccccc1C. The molecule has 0 amide bonds. The van der Waals surface area contributed by atoms with Gasteiger partial charge in [-0.3, -0.25) is 0 Å². The Hall–Kier alpha value is -1.25. The lowest BCUT2D eigenvalue weighted by Crippen LogP contribution is -1.97. The summed E-state index contributed by atoms with van der Waals surface area (Å²) in [7, 11) is 0. The zero-order valence-electron chi connectivity index (χ0n) is 10.8. The first-order valence-corrected chi connectivity index (χ1v) is 7.04. The van der Waals surface area contributed by atoms with Crippen LogP contribution in [0.5, 0.6) is 0 Å². The Morgan fingerprint density at radius 2 is 1.61 bits per heavy atom. The van der Waals surface area contributed by atoms with Crippen LogP contribution in [-0.4, -0.2) is 5.11 Å². The van der Waals surface area contributed by atoms with E-state index in [1.165, 1.54) is 10.5 Å². The minimum absolute atomic E-state index is 0.377. The molecule has 94 valence electrons. The van der Waals surface area contributed by atoms with Crippen molar-refractivity contribution in [3.05, 3.63) is 59.7 Å². The topological polar surface area (TPSA) is 20.2 Å². The maximum atomic E-state index is 10.0. The largest absolute Gasteiger partial charge is 0.388 e. The van der Waals surface area contributed by atoms with Crippen LogP contribution in [0.25, 0.3) is 0 Å². The molecule has 2 aromatic rings. The summed E-state index contributed by atoms with van der Waals surface area (Å²) in [6.45, 7) is 4.11. The number of benzene rings is 2. The molecule has 0 radical (unpaired) electrons. The summed E-state index contributed by atoms with van der Waals surface area (Å²) in [4.78, 5) is 2.38. The van der Waals surface area contributed by atoms with Crippen LogP contribution in [0, 0.1) is 6.92 Å². The van der Waals surface area contributed by atoms with Gasteiger partial charge in [-0.05, 0) is 36.6 Å². The molecule has 2 heteroatoms. The van der Waals surface area contributed by atoms with Crippen LogP contribution in [0.4, 0.5) is 0 Å². The molecule has 0 spiro atoms. The monoisotopic (exact) mass is 258 g/mol. The van der Waals surface area contributed by atoms with Gasteiger partial charge in [0.1, 0.15) is 0 Å². The van der Waals surface area contributed by atoms with Gasteiger partial charge in [-0.25, -0.2) is 0 Å². The predicted octanol–water partition coefficient (Wildman–Crippen LogP) is 4.59. The van der Waals surface area contributed by atoms with Gasteiger partial charge < -0.3 is 5.11 Å². The average Bonchev–Trinajstić information content (AvgIpc) is 2.41. The van der Waals surface area contributed by atoms with E-state index in [1.807, 2.05) is 37.3 Å². The highest BCUT2D eigenvalue weighted by atomic mass is 32.2. The lowest BCUT2D eigenvalue weighted by Gasteiger charge is -2.14. The summed E-state index contributed by atoms with van der Waals surface area (Å²) in [5.41, 5.74) is 2.29. The zero-order chi connectivity index (χ0) is 13.0. The van der Waals surface area contributed by atoms with Gasteiger partial charge in [0, 0.05) is 9.79 Å². The molecule has 2 aromatic carbocycles. The van der Waals surface area contributed by atoms with Crippen molar-refractivity contribution in [2.75, 3.05) is 0 Å². The standard InChI is InChI=1S/C16H18OS/c1-3-14(17)13-9-5-7-11-16(13)18-15-10-6-4-8-12(15)2/h4-11,14,17H,3H2,1-2H3. The molecule has 1 unspecified atom stereocenters. The van der Waals surface area contributed by atoms with E-state index >= 15 is 0 Å². The molecule has 0 saturated heterocycles. The van der Waals surface area contributed by atoms with Crippen LogP contribution >= 0.6 is 11.8 Å². The summed E-state index contributed by atoms with van der Waals surface area (Å²) in [6, 6.07) is 16.4. The minimum Gasteiger partial charge on any atom is -0.388 e. The molecule has 1 nitrogen and oxygen atoms in total. The first kappa shape index (κ1) is 13.2. The predicted molar refractivity (Wildman–Crippen MR) is 77.0 cm³/mol. The summed E-state index contributed by atoms with van der Waals surface area (Å²) < 4.78 is 0. The van der Waals surface area contributed by atoms with E-state index in [0.29, 0.717) is 0 Å². The van der Waals surface area contributed by atoms with E-state index in [9.17, 15) is 5.11 Å². The molecular formula is C16H18OS. The van der Waals surface area contributed by atoms with Crippen molar-refractivity contribution in [1.29, 1.82) is 0 Å². The van der Waals surface area contributed by atoms with Crippen LogP contribution in [0.1, 0.15) is 30.6 Å². The number of hydrogen-bond donors (Lipinski definition) is 1. The smallest absolute Gasteiger partial charge is 0.0798 e. The van der Waals surface area contributed by atoms with Gasteiger partial charge in [0.05, 0.1) is 6.10 Å². The van der Waals surface area contributed by atoms with Crippen molar-refractivity contribution in [2.24, 2.45) is 0 Å². The fourth-order valence-electron chi connectivity index (χ4n) is 1.86. The van der Waals surface area contributed by atoms with Crippen molar-refractivity contribution in [3.8, 4) is 0 Å². The van der Waals surface area contributed by atoms with Gasteiger partial charge in [-0.15, -0.1) is 0 Å². The minimum atomic E-state index is -0.377. The van der Waals surface area contributed by atoms with Crippen molar-refractivity contribution in [1.82, 2.24) is 0 Å². The van der Waals surface area contributed by atoms with Gasteiger partial charge in [0.15, 0.2) is 0 Å². The fraction of sp³-hybridized carbons (Fsp3) is 0.250. The maximum Gasteiger partial charge on any atom is 0.0798 e. The van der Waals surface area contributed by atoms with Gasteiger partial charge >= 0.3 is 0 Å². The third-order valence-corrected chi connectivity index (χ3v) is 4.25. The van der Waals surface area contributed by atoms with Crippen molar-refractivity contribution >= 4 is 11.8 Å². The van der Waals surface area contributed by atoms with Gasteiger partial charge in [0.2, 0.25) is 0 Å². The summed E-state index contributed by atoms with van der Waals surface area (Å²) in [6.07, 6.45) is 0.364. The molecule has 2 rings (SSSR count).